The molecule has 0 bridgehead atoms. The fraction of sp³-hybridized carbons (Fsp3) is 0.188. The van der Waals surface area contributed by atoms with E-state index in [1.807, 2.05) is 0 Å². The summed E-state index contributed by atoms with van der Waals surface area (Å²) >= 11 is 5.73. The van der Waals surface area contributed by atoms with E-state index in [1.54, 1.807) is 18.2 Å². The Morgan fingerprint density at radius 1 is 1.30 bits per heavy atom. The lowest BCUT2D eigenvalue weighted by Gasteiger charge is -2.07. The first-order chi connectivity index (χ1) is 11.0. The molecule has 0 aromatic heterocycles. The average molecular weight is 334 g/mol. The van der Waals surface area contributed by atoms with Crippen molar-refractivity contribution in [3.05, 3.63) is 62.7 Å². The number of carbonyl (C=O) groups excluding carboxylic acids is 1. The van der Waals surface area contributed by atoms with Gasteiger partial charge < -0.3 is 9.47 Å². The van der Waals surface area contributed by atoms with Crippen molar-refractivity contribution in [3.63, 3.8) is 0 Å². The first kappa shape index (κ1) is 15.3. The molecule has 0 unspecified atom stereocenters. The summed E-state index contributed by atoms with van der Waals surface area (Å²) < 4.78 is 10.7. The van der Waals surface area contributed by atoms with Gasteiger partial charge in [-0.3, -0.25) is 14.9 Å². The maximum Gasteiger partial charge on any atom is 0.312 e. The summed E-state index contributed by atoms with van der Waals surface area (Å²) in [6.07, 6.45) is 0.764. The van der Waals surface area contributed by atoms with Gasteiger partial charge in [0.15, 0.2) is 18.1 Å². The number of ketones is 1. The molecule has 0 saturated heterocycles. The minimum atomic E-state index is -0.599. The highest BCUT2D eigenvalue weighted by Gasteiger charge is 2.19. The zero-order chi connectivity index (χ0) is 16.4. The molecular formula is C16H12ClNO5. The number of ether oxygens (including phenoxy) is 2. The molecule has 6 nitrogen and oxygen atoms in total. The molecule has 0 fully saturated rings. The number of hydrogen-bond donors (Lipinski definition) is 0. The lowest BCUT2D eigenvalue weighted by atomic mass is 10.1. The number of halogens is 1. The van der Waals surface area contributed by atoms with Crippen LogP contribution in [0.5, 0.6) is 11.5 Å². The summed E-state index contributed by atoms with van der Waals surface area (Å²) in [7, 11) is 0. The van der Waals surface area contributed by atoms with Crippen molar-refractivity contribution in [2.75, 3.05) is 13.2 Å². The van der Waals surface area contributed by atoms with Crippen LogP contribution in [0.4, 0.5) is 5.69 Å². The number of nitro groups is 1. The highest BCUT2D eigenvalue weighted by molar-refractivity contribution is 6.30. The van der Waals surface area contributed by atoms with Gasteiger partial charge in [-0.25, -0.2) is 0 Å². The lowest BCUT2D eigenvalue weighted by Crippen LogP contribution is -2.12. The second-order valence-corrected chi connectivity index (χ2v) is 5.44. The van der Waals surface area contributed by atoms with E-state index in [2.05, 4.69) is 0 Å². The van der Waals surface area contributed by atoms with Crippen LogP contribution in [0.1, 0.15) is 15.9 Å². The fourth-order valence-electron chi connectivity index (χ4n) is 2.34. The molecule has 1 aliphatic rings. The van der Waals surface area contributed by atoms with Crippen LogP contribution in [0.2, 0.25) is 5.02 Å². The van der Waals surface area contributed by atoms with Crippen LogP contribution in [0.25, 0.3) is 0 Å². The molecule has 118 valence electrons. The third-order valence-corrected chi connectivity index (χ3v) is 3.72. The van der Waals surface area contributed by atoms with Gasteiger partial charge in [0, 0.05) is 23.1 Å². The summed E-state index contributed by atoms with van der Waals surface area (Å²) in [6, 6.07) is 9.22. The predicted molar refractivity (Wildman–Crippen MR) is 83.6 cm³/mol. The minimum absolute atomic E-state index is 0.0113. The molecule has 2 aromatic rings. The summed E-state index contributed by atoms with van der Waals surface area (Å²) in [6.45, 7) is 0.322. The number of nitro benzene ring substituents is 1. The maximum atomic E-state index is 12.2. The molecule has 1 heterocycles. The van der Waals surface area contributed by atoms with Gasteiger partial charge in [-0.05, 0) is 35.9 Å². The van der Waals surface area contributed by atoms with E-state index < -0.39 is 4.92 Å². The molecule has 0 radical (unpaired) electrons. The predicted octanol–water partition coefficient (Wildman–Crippen LogP) is 3.44. The minimum Gasteiger partial charge on any atom is -0.493 e. The fourth-order valence-corrected chi connectivity index (χ4v) is 2.51. The van der Waals surface area contributed by atoms with Crippen molar-refractivity contribution in [1.82, 2.24) is 0 Å². The molecule has 23 heavy (non-hydrogen) atoms. The van der Waals surface area contributed by atoms with Crippen LogP contribution in [0.3, 0.4) is 0 Å². The van der Waals surface area contributed by atoms with E-state index in [0.717, 1.165) is 17.7 Å². The molecule has 0 saturated carbocycles. The number of hydrogen-bond acceptors (Lipinski definition) is 5. The third-order valence-electron chi connectivity index (χ3n) is 3.49. The Balaban J connectivity index is 1.73. The van der Waals surface area contributed by atoms with Gasteiger partial charge in [0.1, 0.15) is 5.75 Å². The molecular weight excluding hydrogens is 322 g/mol. The second kappa shape index (κ2) is 6.26. The van der Waals surface area contributed by atoms with Crippen molar-refractivity contribution in [1.29, 1.82) is 0 Å². The number of nitrogens with zero attached hydrogens (tertiary/aromatic N) is 1. The van der Waals surface area contributed by atoms with E-state index in [0.29, 0.717) is 12.2 Å². The first-order valence-electron chi connectivity index (χ1n) is 6.90. The summed E-state index contributed by atoms with van der Waals surface area (Å²) in [5.74, 6) is 0.539. The highest BCUT2D eigenvalue weighted by atomic mass is 35.5. The van der Waals surface area contributed by atoms with E-state index >= 15 is 0 Å². The van der Waals surface area contributed by atoms with Gasteiger partial charge in [0.2, 0.25) is 0 Å². The van der Waals surface area contributed by atoms with Crippen molar-refractivity contribution >= 4 is 23.1 Å². The summed E-state index contributed by atoms with van der Waals surface area (Å²) in [5.41, 5.74) is 1.20. The third kappa shape index (κ3) is 3.27. The topological polar surface area (TPSA) is 78.7 Å². The molecule has 3 rings (SSSR count). The Kier molecular flexibility index (Phi) is 4.16. The Labute approximate surface area is 136 Å². The average Bonchev–Trinajstić information content (AvgIpc) is 3.00. The Hall–Kier alpha value is -2.60. The molecule has 0 amide bonds. The SMILES string of the molecule is O=C(COc1ccc(Cl)cc1[N+](=O)[O-])c1ccc2c(c1)CCO2. The standard InChI is InChI=1S/C16H12ClNO5/c17-12-2-4-16(13(8-12)18(20)21)23-9-14(19)10-1-3-15-11(7-10)5-6-22-15/h1-4,7-8H,5-6,9H2. The number of benzene rings is 2. The van der Waals surface area contributed by atoms with Gasteiger partial charge in [0.05, 0.1) is 11.5 Å². The first-order valence-corrected chi connectivity index (χ1v) is 7.28. The molecule has 0 N–H and O–H groups in total. The smallest absolute Gasteiger partial charge is 0.312 e. The number of carbonyl (C=O) groups is 1. The van der Waals surface area contributed by atoms with Crippen LogP contribution in [-0.2, 0) is 6.42 Å². The zero-order valence-corrected chi connectivity index (χ0v) is 12.7. The van der Waals surface area contributed by atoms with Crippen molar-refractivity contribution < 1.29 is 19.2 Å². The quantitative estimate of drug-likeness (QED) is 0.475. The van der Waals surface area contributed by atoms with Crippen molar-refractivity contribution in [2.45, 2.75) is 6.42 Å². The van der Waals surface area contributed by atoms with Crippen LogP contribution in [0.15, 0.2) is 36.4 Å². The highest BCUT2D eigenvalue weighted by Crippen LogP contribution is 2.30. The Morgan fingerprint density at radius 2 is 2.13 bits per heavy atom. The zero-order valence-electron chi connectivity index (χ0n) is 12.0. The Morgan fingerprint density at radius 3 is 2.91 bits per heavy atom. The normalized spacial score (nSPS) is 12.4. The van der Waals surface area contributed by atoms with Gasteiger partial charge in [-0.1, -0.05) is 11.6 Å². The van der Waals surface area contributed by atoms with Gasteiger partial charge in [-0.2, -0.15) is 0 Å². The molecule has 1 aliphatic heterocycles. The second-order valence-electron chi connectivity index (χ2n) is 5.00. The van der Waals surface area contributed by atoms with E-state index in [4.69, 9.17) is 21.1 Å². The lowest BCUT2D eigenvalue weighted by molar-refractivity contribution is -0.385. The van der Waals surface area contributed by atoms with Crippen LogP contribution < -0.4 is 9.47 Å². The summed E-state index contributed by atoms with van der Waals surface area (Å²) in [5, 5.41) is 11.2. The largest absolute Gasteiger partial charge is 0.493 e. The molecule has 0 atom stereocenters. The van der Waals surface area contributed by atoms with Crippen molar-refractivity contribution in [3.8, 4) is 11.5 Å². The van der Waals surface area contributed by atoms with E-state index in [1.165, 1.54) is 18.2 Å². The van der Waals surface area contributed by atoms with E-state index in [9.17, 15) is 14.9 Å². The van der Waals surface area contributed by atoms with Crippen LogP contribution >= 0.6 is 11.6 Å². The Bertz CT molecular complexity index is 790. The van der Waals surface area contributed by atoms with Crippen LogP contribution in [-0.4, -0.2) is 23.9 Å². The number of rotatable bonds is 5. The monoisotopic (exact) mass is 333 g/mol. The van der Waals surface area contributed by atoms with Gasteiger partial charge in [-0.15, -0.1) is 0 Å². The number of Topliss-reactive ketones (excluding diaryl/α,β-unsaturated/α-hetero) is 1. The van der Waals surface area contributed by atoms with E-state index in [-0.39, 0.29) is 28.8 Å². The maximum absolute atomic E-state index is 12.2. The van der Waals surface area contributed by atoms with Crippen LogP contribution in [0, 0.1) is 10.1 Å². The molecule has 2 aromatic carbocycles. The van der Waals surface area contributed by atoms with Gasteiger partial charge >= 0.3 is 5.69 Å². The van der Waals surface area contributed by atoms with Gasteiger partial charge in [0.25, 0.3) is 0 Å². The summed E-state index contributed by atoms with van der Waals surface area (Å²) in [4.78, 5) is 22.6. The molecule has 0 aliphatic carbocycles. The molecule has 0 spiro atoms. The van der Waals surface area contributed by atoms with Crippen molar-refractivity contribution in [2.24, 2.45) is 0 Å². The molecule has 7 heteroatoms. The number of fused-ring (bicyclic) bond motifs is 1.